The molecule has 3 heteroatoms. The van der Waals surface area contributed by atoms with E-state index < -0.39 is 0 Å². The molecule has 0 radical (unpaired) electrons. The molecule has 0 bridgehead atoms. The predicted octanol–water partition coefficient (Wildman–Crippen LogP) is 1.58. The van der Waals surface area contributed by atoms with Crippen LogP contribution < -0.4 is 11.1 Å². The SMILES string of the molecule is NC1CCC(NC(CO)c2ccccc2)CC1. The monoisotopic (exact) mass is 234 g/mol. The van der Waals surface area contributed by atoms with Gasteiger partial charge < -0.3 is 16.2 Å². The molecule has 94 valence electrons. The lowest BCUT2D eigenvalue weighted by molar-refractivity contribution is 0.217. The van der Waals surface area contributed by atoms with Crippen molar-refractivity contribution in [3.8, 4) is 0 Å². The number of aliphatic hydroxyl groups excluding tert-OH is 1. The van der Waals surface area contributed by atoms with Crippen LogP contribution in [0.3, 0.4) is 0 Å². The highest BCUT2D eigenvalue weighted by Crippen LogP contribution is 2.21. The first-order valence-corrected chi connectivity index (χ1v) is 6.47. The van der Waals surface area contributed by atoms with Crippen molar-refractivity contribution in [3.05, 3.63) is 35.9 Å². The van der Waals surface area contributed by atoms with Crippen LogP contribution in [0.25, 0.3) is 0 Å². The summed E-state index contributed by atoms with van der Waals surface area (Å²) in [6.45, 7) is 0.145. The molecule has 17 heavy (non-hydrogen) atoms. The first kappa shape index (κ1) is 12.6. The molecular weight excluding hydrogens is 212 g/mol. The van der Waals surface area contributed by atoms with Gasteiger partial charge in [0.05, 0.1) is 12.6 Å². The van der Waals surface area contributed by atoms with Crippen molar-refractivity contribution < 1.29 is 5.11 Å². The molecule has 1 unspecified atom stereocenters. The Morgan fingerprint density at radius 2 is 1.82 bits per heavy atom. The molecule has 1 aromatic carbocycles. The number of aliphatic hydroxyl groups is 1. The summed E-state index contributed by atoms with van der Waals surface area (Å²) < 4.78 is 0. The fraction of sp³-hybridized carbons (Fsp3) is 0.571. The number of rotatable bonds is 4. The molecule has 1 atom stereocenters. The van der Waals surface area contributed by atoms with Crippen LogP contribution in [-0.4, -0.2) is 23.8 Å². The Hall–Kier alpha value is -0.900. The van der Waals surface area contributed by atoms with Crippen molar-refractivity contribution in [1.29, 1.82) is 0 Å². The van der Waals surface area contributed by atoms with E-state index in [-0.39, 0.29) is 12.6 Å². The molecule has 1 fully saturated rings. The quantitative estimate of drug-likeness (QED) is 0.741. The molecule has 1 aromatic rings. The lowest BCUT2D eigenvalue weighted by Gasteiger charge is -2.30. The largest absolute Gasteiger partial charge is 0.394 e. The van der Waals surface area contributed by atoms with Gasteiger partial charge in [0.1, 0.15) is 0 Å². The van der Waals surface area contributed by atoms with Crippen molar-refractivity contribution in [1.82, 2.24) is 5.32 Å². The van der Waals surface area contributed by atoms with E-state index in [0.29, 0.717) is 12.1 Å². The number of hydrogen-bond donors (Lipinski definition) is 3. The molecule has 3 nitrogen and oxygen atoms in total. The molecule has 0 aromatic heterocycles. The van der Waals surface area contributed by atoms with Gasteiger partial charge in [-0.2, -0.15) is 0 Å². The maximum Gasteiger partial charge on any atom is 0.0626 e. The topological polar surface area (TPSA) is 58.3 Å². The minimum atomic E-state index is 0.0514. The van der Waals surface area contributed by atoms with Crippen molar-refractivity contribution >= 4 is 0 Å². The second-order valence-electron chi connectivity index (χ2n) is 4.92. The number of benzene rings is 1. The molecule has 0 spiro atoms. The van der Waals surface area contributed by atoms with E-state index in [0.717, 1.165) is 31.2 Å². The Bertz CT molecular complexity index is 320. The van der Waals surface area contributed by atoms with Crippen LogP contribution >= 0.6 is 0 Å². The molecule has 1 aliphatic carbocycles. The average Bonchev–Trinajstić information content (AvgIpc) is 2.39. The Morgan fingerprint density at radius 1 is 1.18 bits per heavy atom. The molecule has 1 aliphatic rings. The summed E-state index contributed by atoms with van der Waals surface area (Å²) >= 11 is 0. The van der Waals surface area contributed by atoms with Crippen LogP contribution in [0.5, 0.6) is 0 Å². The zero-order valence-electron chi connectivity index (χ0n) is 10.2. The summed E-state index contributed by atoms with van der Waals surface area (Å²) in [5.41, 5.74) is 7.05. The van der Waals surface area contributed by atoms with Gasteiger partial charge >= 0.3 is 0 Å². The highest BCUT2D eigenvalue weighted by atomic mass is 16.3. The molecule has 4 N–H and O–H groups in total. The van der Waals surface area contributed by atoms with Gasteiger partial charge in [-0.15, -0.1) is 0 Å². The van der Waals surface area contributed by atoms with Gasteiger partial charge in [0, 0.05) is 12.1 Å². The molecule has 1 saturated carbocycles. The summed E-state index contributed by atoms with van der Waals surface area (Å²) in [4.78, 5) is 0. The Labute approximate surface area is 103 Å². The highest BCUT2D eigenvalue weighted by molar-refractivity contribution is 5.19. The van der Waals surface area contributed by atoms with Crippen LogP contribution in [-0.2, 0) is 0 Å². The lowest BCUT2D eigenvalue weighted by atomic mass is 9.91. The molecule has 2 rings (SSSR count). The summed E-state index contributed by atoms with van der Waals surface area (Å²) in [7, 11) is 0. The zero-order chi connectivity index (χ0) is 12.1. The van der Waals surface area contributed by atoms with E-state index in [2.05, 4.69) is 17.4 Å². The average molecular weight is 234 g/mol. The molecule has 0 saturated heterocycles. The van der Waals surface area contributed by atoms with E-state index >= 15 is 0 Å². The summed E-state index contributed by atoms with van der Waals surface area (Å²) in [6.07, 6.45) is 4.41. The van der Waals surface area contributed by atoms with E-state index in [1.54, 1.807) is 0 Å². The normalized spacial score (nSPS) is 26.7. The minimum absolute atomic E-state index is 0.0514. The first-order valence-electron chi connectivity index (χ1n) is 6.47. The zero-order valence-corrected chi connectivity index (χ0v) is 10.2. The molecule has 0 heterocycles. The van der Waals surface area contributed by atoms with Crippen LogP contribution in [0, 0.1) is 0 Å². The van der Waals surface area contributed by atoms with Gasteiger partial charge in [-0.3, -0.25) is 0 Å². The van der Waals surface area contributed by atoms with Gasteiger partial charge in [-0.1, -0.05) is 30.3 Å². The number of nitrogens with one attached hydrogen (secondary N) is 1. The first-order chi connectivity index (χ1) is 8.29. The van der Waals surface area contributed by atoms with E-state index in [1.807, 2.05) is 18.2 Å². The second-order valence-corrected chi connectivity index (χ2v) is 4.92. The molecule has 0 amide bonds. The number of nitrogens with two attached hydrogens (primary N) is 1. The molecular formula is C14H22N2O. The van der Waals surface area contributed by atoms with Crippen molar-refractivity contribution in [2.75, 3.05) is 6.61 Å². The maximum absolute atomic E-state index is 9.47. The van der Waals surface area contributed by atoms with Crippen molar-refractivity contribution in [2.45, 2.75) is 43.8 Å². The Kier molecular flexibility index (Phi) is 4.54. The maximum atomic E-state index is 9.47. The van der Waals surface area contributed by atoms with Gasteiger partial charge in [0.15, 0.2) is 0 Å². The van der Waals surface area contributed by atoms with Crippen molar-refractivity contribution in [3.63, 3.8) is 0 Å². The van der Waals surface area contributed by atoms with E-state index in [9.17, 15) is 5.11 Å². The smallest absolute Gasteiger partial charge is 0.0626 e. The Morgan fingerprint density at radius 3 is 2.41 bits per heavy atom. The highest BCUT2D eigenvalue weighted by Gasteiger charge is 2.21. The minimum Gasteiger partial charge on any atom is -0.394 e. The summed E-state index contributed by atoms with van der Waals surface area (Å²) in [5.74, 6) is 0. The van der Waals surface area contributed by atoms with Gasteiger partial charge in [0.2, 0.25) is 0 Å². The summed E-state index contributed by atoms with van der Waals surface area (Å²) in [6, 6.07) is 11.1. The van der Waals surface area contributed by atoms with Gasteiger partial charge in [-0.25, -0.2) is 0 Å². The lowest BCUT2D eigenvalue weighted by Crippen LogP contribution is -2.40. The predicted molar refractivity (Wildman–Crippen MR) is 69.6 cm³/mol. The standard InChI is InChI=1S/C14H22N2O/c15-12-6-8-13(9-7-12)16-14(10-17)11-4-2-1-3-5-11/h1-5,12-14,16-17H,6-10,15H2. The third-order valence-electron chi connectivity index (χ3n) is 3.59. The van der Waals surface area contributed by atoms with Crippen LogP contribution in [0.2, 0.25) is 0 Å². The van der Waals surface area contributed by atoms with Gasteiger partial charge in [-0.05, 0) is 31.2 Å². The Balaban J connectivity index is 1.92. The van der Waals surface area contributed by atoms with Crippen LogP contribution in [0.15, 0.2) is 30.3 Å². The fourth-order valence-electron chi connectivity index (χ4n) is 2.51. The third kappa shape index (κ3) is 3.53. The van der Waals surface area contributed by atoms with Gasteiger partial charge in [0.25, 0.3) is 0 Å². The molecule has 0 aliphatic heterocycles. The number of hydrogen-bond acceptors (Lipinski definition) is 3. The summed E-state index contributed by atoms with van der Waals surface area (Å²) in [5, 5.41) is 13.0. The van der Waals surface area contributed by atoms with E-state index in [4.69, 9.17) is 5.73 Å². The van der Waals surface area contributed by atoms with E-state index in [1.165, 1.54) is 0 Å². The third-order valence-corrected chi connectivity index (χ3v) is 3.59. The van der Waals surface area contributed by atoms with Crippen molar-refractivity contribution in [2.24, 2.45) is 5.73 Å². The van der Waals surface area contributed by atoms with Crippen LogP contribution in [0.1, 0.15) is 37.3 Å². The fourth-order valence-corrected chi connectivity index (χ4v) is 2.51. The van der Waals surface area contributed by atoms with Crippen LogP contribution in [0.4, 0.5) is 0 Å². The second kappa shape index (κ2) is 6.15.